The lowest BCUT2D eigenvalue weighted by atomic mass is 10.2. The van der Waals surface area contributed by atoms with Crippen molar-refractivity contribution in [2.45, 2.75) is 11.3 Å². The number of hydrogen-bond donors (Lipinski definition) is 2. The summed E-state index contributed by atoms with van der Waals surface area (Å²) in [6.45, 7) is 0. The summed E-state index contributed by atoms with van der Waals surface area (Å²) in [6, 6.07) is 13.3. The Morgan fingerprint density at radius 2 is 1.79 bits per heavy atom. The molecule has 3 aromatic rings. The van der Waals surface area contributed by atoms with Crippen LogP contribution in [-0.2, 0) is 21.2 Å². The molecule has 3 rings (SSSR count). The predicted octanol–water partition coefficient (Wildman–Crippen LogP) is 3.03. The van der Waals surface area contributed by atoms with E-state index in [0.717, 1.165) is 11.3 Å². The summed E-state index contributed by atoms with van der Waals surface area (Å²) in [5, 5.41) is 15.0. The molecule has 0 spiro atoms. The molecule has 28 heavy (non-hydrogen) atoms. The van der Waals surface area contributed by atoms with Gasteiger partial charge >= 0.3 is 0 Å². The highest BCUT2D eigenvalue weighted by atomic mass is 32.2. The molecule has 11 heteroatoms. The van der Waals surface area contributed by atoms with Gasteiger partial charge in [-0.1, -0.05) is 18.2 Å². The van der Waals surface area contributed by atoms with Crippen LogP contribution in [0.2, 0.25) is 0 Å². The topological polar surface area (TPSA) is 131 Å². The van der Waals surface area contributed by atoms with Gasteiger partial charge in [-0.15, -0.1) is 11.3 Å². The van der Waals surface area contributed by atoms with E-state index in [0.29, 0.717) is 11.4 Å². The molecule has 9 nitrogen and oxygen atoms in total. The molecular weight excluding hydrogens is 404 g/mol. The molecule has 2 aromatic carbocycles. The molecule has 1 heterocycles. The number of carbonyl (C=O) groups is 1. The average Bonchev–Trinajstić information content (AvgIpc) is 3.08. The molecule has 1 amide bonds. The lowest BCUT2D eigenvalue weighted by Gasteiger charge is -2.05. The molecule has 0 unspecified atom stereocenters. The number of thiazole rings is 1. The molecule has 144 valence electrons. The normalized spacial score (nSPS) is 11.0. The number of nitro benzene ring substituents is 1. The van der Waals surface area contributed by atoms with Crippen LogP contribution in [0.25, 0.3) is 0 Å². The molecule has 0 aliphatic carbocycles. The van der Waals surface area contributed by atoms with Crippen molar-refractivity contribution >= 4 is 43.8 Å². The first-order valence-electron chi connectivity index (χ1n) is 7.90. The molecule has 0 saturated heterocycles. The zero-order valence-corrected chi connectivity index (χ0v) is 15.9. The van der Waals surface area contributed by atoms with Gasteiger partial charge in [0.25, 0.3) is 15.7 Å². The Hall–Kier alpha value is -3.31. The Morgan fingerprint density at radius 1 is 1.11 bits per heavy atom. The number of rotatable bonds is 7. The summed E-state index contributed by atoms with van der Waals surface area (Å²) >= 11 is 1.07. The van der Waals surface area contributed by atoms with E-state index >= 15 is 0 Å². The van der Waals surface area contributed by atoms with E-state index in [4.69, 9.17) is 0 Å². The van der Waals surface area contributed by atoms with E-state index in [-0.39, 0.29) is 28.0 Å². The Kier molecular flexibility index (Phi) is 5.66. The van der Waals surface area contributed by atoms with E-state index in [1.165, 1.54) is 36.4 Å². The Balaban J connectivity index is 1.61. The van der Waals surface area contributed by atoms with Crippen molar-refractivity contribution in [3.8, 4) is 0 Å². The Labute approximate surface area is 164 Å². The van der Waals surface area contributed by atoms with Crippen molar-refractivity contribution in [2.24, 2.45) is 0 Å². The minimum absolute atomic E-state index is 0.0689. The highest BCUT2D eigenvalue weighted by Crippen LogP contribution is 2.21. The van der Waals surface area contributed by atoms with Gasteiger partial charge in [0.1, 0.15) is 0 Å². The standard InChI is InChI=1S/C17H14N4O5S2/c22-16(18-12-6-8-14(9-7-12)21(23)24)10-13-11-27-17(19-13)20-28(25,26)15-4-2-1-3-5-15/h1-9,11H,10H2,(H,18,22)(H,19,20). The largest absolute Gasteiger partial charge is 0.326 e. The summed E-state index contributed by atoms with van der Waals surface area (Å²) in [5.74, 6) is -0.378. The van der Waals surface area contributed by atoms with Crippen molar-refractivity contribution in [1.82, 2.24) is 4.98 Å². The molecular formula is C17H14N4O5S2. The summed E-state index contributed by atoms with van der Waals surface area (Å²) in [5.41, 5.74) is 0.735. The maximum Gasteiger partial charge on any atom is 0.269 e. The van der Waals surface area contributed by atoms with Crippen LogP contribution in [-0.4, -0.2) is 24.2 Å². The number of amides is 1. The van der Waals surface area contributed by atoms with E-state index in [1.807, 2.05) is 0 Å². The third-order valence-corrected chi connectivity index (χ3v) is 5.82. The van der Waals surface area contributed by atoms with E-state index in [1.54, 1.807) is 23.6 Å². The second-order valence-electron chi connectivity index (χ2n) is 5.59. The smallest absolute Gasteiger partial charge is 0.269 e. The van der Waals surface area contributed by atoms with Crippen LogP contribution in [0, 0.1) is 10.1 Å². The quantitative estimate of drug-likeness (QED) is 0.448. The summed E-state index contributed by atoms with van der Waals surface area (Å²) < 4.78 is 26.9. The SMILES string of the molecule is O=C(Cc1csc(NS(=O)(=O)c2ccccc2)n1)Nc1ccc([N+](=O)[O-])cc1. The number of nitrogens with one attached hydrogen (secondary N) is 2. The number of non-ortho nitro benzene ring substituents is 1. The molecule has 0 bridgehead atoms. The number of aromatic nitrogens is 1. The number of carbonyl (C=O) groups excluding carboxylic acids is 1. The maximum absolute atomic E-state index is 12.3. The molecule has 0 saturated carbocycles. The predicted molar refractivity (Wildman–Crippen MR) is 105 cm³/mol. The monoisotopic (exact) mass is 418 g/mol. The van der Waals surface area contributed by atoms with Gasteiger partial charge in [-0.2, -0.15) is 0 Å². The molecule has 2 N–H and O–H groups in total. The van der Waals surface area contributed by atoms with E-state index in [9.17, 15) is 23.3 Å². The van der Waals surface area contributed by atoms with Crippen LogP contribution in [0.1, 0.15) is 5.69 Å². The number of nitro groups is 1. The number of benzene rings is 2. The number of nitrogens with zero attached hydrogens (tertiary/aromatic N) is 2. The zero-order valence-electron chi connectivity index (χ0n) is 14.2. The lowest BCUT2D eigenvalue weighted by molar-refractivity contribution is -0.384. The molecule has 0 atom stereocenters. The third kappa shape index (κ3) is 4.90. The van der Waals surface area contributed by atoms with Gasteiger partial charge in [0, 0.05) is 23.2 Å². The van der Waals surface area contributed by atoms with Gasteiger partial charge in [-0.25, -0.2) is 13.4 Å². The van der Waals surface area contributed by atoms with Crippen molar-refractivity contribution in [3.05, 3.63) is 75.8 Å². The lowest BCUT2D eigenvalue weighted by Crippen LogP contribution is -2.15. The highest BCUT2D eigenvalue weighted by molar-refractivity contribution is 7.93. The summed E-state index contributed by atoms with van der Waals surface area (Å²) in [6.07, 6.45) is -0.0689. The van der Waals surface area contributed by atoms with E-state index in [2.05, 4.69) is 15.0 Å². The zero-order chi connectivity index (χ0) is 20.1. The molecule has 0 radical (unpaired) electrons. The second-order valence-corrected chi connectivity index (χ2v) is 8.13. The molecule has 0 fully saturated rings. The van der Waals surface area contributed by atoms with Gasteiger partial charge in [-0.05, 0) is 24.3 Å². The van der Waals surface area contributed by atoms with Crippen LogP contribution >= 0.6 is 11.3 Å². The molecule has 1 aromatic heterocycles. The molecule has 0 aliphatic heterocycles. The Morgan fingerprint density at radius 3 is 2.43 bits per heavy atom. The van der Waals surface area contributed by atoms with Gasteiger partial charge < -0.3 is 5.32 Å². The minimum Gasteiger partial charge on any atom is -0.326 e. The second kappa shape index (κ2) is 8.15. The Bertz CT molecular complexity index is 1100. The number of hydrogen-bond acceptors (Lipinski definition) is 7. The fourth-order valence-corrected chi connectivity index (χ4v) is 4.23. The third-order valence-electron chi connectivity index (χ3n) is 3.53. The van der Waals surface area contributed by atoms with Crippen molar-refractivity contribution in [2.75, 3.05) is 10.0 Å². The van der Waals surface area contributed by atoms with Gasteiger partial charge in [0.2, 0.25) is 5.91 Å². The average molecular weight is 418 g/mol. The van der Waals surface area contributed by atoms with Crippen LogP contribution in [0.5, 0.6) is 0 Å². The van der Waals surface area contributed by atoms with Crippen LogP contribution in [0.3, 0.4) is 0 Å². The fourth-order valence-electron chi connectivity index (χ4n) is 2.24. The van der Waals surface area contributed by atoms with Crippen molar-refractivity contribution in [3.63, 3.8) is 0 Å². The summed E-state index contributed by atoms with van der Waals surface area (Å²) in [4.78, 5) is 26.4. The first-order valence-corrected chi connectivity index (χ1v) is 10.3. The first kappa shape index (κ1) is 19.5. The fraction of sp³-hybridized carbons (Fsp3) is 0.0588. The number of sulfonamides is 1. The maximum atomic E-state index is 12.3. The van der Waals surface area contributed by atoms with Crippen LogP contribution < -0.4 is 10.0 Å². The minimum atomic E-state index is -3.75. The highest BCUT2D eigenvalue weighted by Gasteiger charge is 2.16. The first-order chi connectivity index (χ1) is 13.3. The van der Waals surface area contributed by atoms with Gasteiger partial charge in [0.15, 0.2) is 5.13 Å². The van der Waals surface area contributed by atoms with Crippen LogP contribution in [0.4, 0.5) is 16.5 Å². The van der Waals surface area contributed by atoms with Crippen molar-refractivity contribution in [1.29, 1.82) is 0 Å². The van der Waals surface area contributed by atoms with Crippen molar-refractivity contribution < 1.29 is 18.1 Å². The molecule has 0 aliphatic rings. The summed E-state index contributed by atoms with van der Waals surface area (Å²) in [7, 11) is -3.75. The van der Waals surface area contributed by atoms with E-state index < -0.39 is 14.9 Å². The van der Waals surface area contributed by atoms with Gasteiger partial charge in [-0.3, -0.25) is 19.6 Å². The van der Waals surface area contributed by atoms with Gasteiger partial charge in [0.05, 0.1) is 21.9 Å². The van der Waals surface area contributed by atoms with Crippen LogP contribution in [0.15, 0.2) is 64.9 Å². The number of anilines is 2.